The molecule has 1 aromatic carbocycles. The summed E-state index contributed by atoms with van der Waals surface area (Å²) in [4.78, 5) is 4.13. The third-order valence-corrected chi connectivity index (χ3v) is 4.80. The number of rotatable bonds is 5. The maximum absolute atomic E-state index is 12.1. The van der Waals surface area contributed by atoms with Crippen LogP contribution in [0.15, 0.2) is 34.5 Å². The Morgan fingerprint density at radius 3 is 2.50 bits per heavy atom. The van der Waals surface area contributed by atoms with Crippen molar-refractivity contribution in [2.24, 2.45) is 0 Å². The van der Waals surface area contributed by atoms with Crippen LogP contribution in [-0.4, -0.2) is 25.6 Å². The lowest BCUT2D eigenvalue weighted by Gasteiger charge is -2.06. The monoisotopic (exact) mass is 314 g/mol. The van der Waals surface area contributed by atoms with Gasteiger partial charge in [0.2, 0.25) is 0 Å². The number of hydrogen-bond donors (Lipinski definition) is 2. The van der Waals surface area contributed by atoms with Crippen LogP contribution in [0.4, 0.5) is 5.13 Å². The smallest absolute Gasteiger partial charge is 0.263 e. The zero-order chi connectivity index (χ0) is 14.8. The second-order valence-electron chi connectivity index (χ2n) is 4.03. The summed E-state index contributed by atoms with van der Waals surface area (Å²) >= 11 is 1.12. The quantitative estimate of drug-likeness (QED) is 0.881. The van der Waals surface area contributed by atoms with Crippen molar-refractivity contribution in [1.82, 2.24) is 4.98 Å². The molecule has 2 aromatic rings. The second-order valence-corrected chi connectivity index (χ2v) is 6.58. The van der Waals surface area contributed by atoms with Gasteiger partial charge in [0, 0.05) is 5.38 Å². The second kappa shape index (κ2) is 5.78. The van der Waals surface area contributed by atoms with Crippen LogP contribution in [0.25, 0.3) is 0 Å². The molecular formula is C12H14N2O4S2. The molecule has 0 amide bonds. The van der Waals surface area contributed by atoms with E-state index in [9.17, 15) is 13.5 Å². The van der Waals surface area contributed by atoms with Crippen molar-refractivity contribution < 1.29 is 18.3 Å². The summed E-state index contributed by atoms with van der Waals surface area (Å²) in [6.07, 6.45) is -0.731. The predicted molar refractivity (Wildman–Crippen MR) is 76.6 cm³/mol. The Balaban J connectivity index is 2.21. The zero-order valence-electron chi connectivity index (χ0n) is 10.9. The first kappa shape index (κ1) is 14.8. The van der Waals surface area contributed by atoms with Gasteiger partial charge in [-0.3, -0.25) is 4.72 Å². The first-order valence-corrected chi connectivity index (χ1v) is 8.09. The minimum absolute atomic E-state index is 0.118. The highest BCUT2D eigenvalue weighted by Gasteiger charge is 2.17. The number of sulfonamides is 1. The van der Waals surface area contributed by atoms with E-state index < -0.39 is 16.1 Å². The first-order chi connectivity index (χ1) is 9.42. The van der Waals surface area contributed by atoms with Gasteiger partial charge in [-0.05, 0) is 31.2 Å². The van der Waals surface area contributed by atoms with Gasteiger partial charge in [-0.15, -0.1) is 11.3 Å². The van der Waals surface area contributed by atoms with Crippen LogP contribution in [0.2, 0.25) is 0 Å². The molecule has 1 atom stereocenters. The Labute approximate surface area is 121 Å². The van der Waals surface area contributed by atoms with Gasteiger partial charge in [-0.1, -0.05) is 0 Å². The molecule has 2 rings (SSSR count). The van der Waals surface area contributed by atoms with Gasteiger partial charge in [0.15, 0.2) is 5.13 Å². The van der Waals surface area contributed by atoms with E-state index in [1.807, 2.05) is 0 Å². The van der Waals surface area contributed by atoms with Crippen molar-refractivity contribution in [2.45, 2.75) is 17.9 Å². The van der Waals surface area contributed by atoms with Crippen molar-refractivity contribution >= 4 is 26.5 Å². The summed E-state index contributed by atoms with van der Waals surface area (Å²) < 4.78 is 31.6. The van der Waals surface area contributed by atoms with Gasteiger partial charge in [-0.2, -0.15) is 0 Å². The summed E-state index contributed by atoms with van der Waals surface area (Å²) in [7, 11) is -2.18. The van der Waals surface area contributed by atoms with Crippen molar-refractivity contribution in [3.05, 3.63) is 35.3 Å². The fourth-order valence-electron chi connectivity index (χ4n) is 1.45. The average molecular weight is 314 g/mol. The lowest BCUT2D eigenvalue weighted by Crippen LogP contribution is -2.12. The number of benzene rings is 1. The summed E-state index contributed by atoms with van der Waals surface area (Å²) in [6.45, 7) is 1.57. The van der Waals surface area contributed by atoms with Gasteiger partial charge in [-0.25, -0.2) is 13.4 Å². The highest BCUT2D eigenvalue weighted by atomic mass is 32.2. The molecule has 0 spiro atoms. The Hall–Kier alpha value is -1.64. The van der Waals surface area contributed by atoms with E-state index in [1.165, 1.54) is 19.2 Å². The third-order valence-electron chi connectivity index (χ3n) is 2.54. The molecule has 0 saturated heterocycles. The van der Waals surface area contributed by atoms with Crippen LogP contribution < -0.4 is 9.46 Å². The third kappa shape index (κ3) is 3.27. The Morgan fingerprint density at radius 1 is 1.35 bits per heavy atom. The maximum atomic E-state index is 12.1. The highest BCUT2D eigenvalue weighted by Crippen LogP contribution is 2.24. The molecule has 0 aliphatic heterocycles. The Bertz CT molecular complexity index is 678. The van der Waals surface area contributed by atoms with E-state index in [0.717, 1.165) is 11.3 Å². The van der Waals surface area contributed by atoms with Gasteiger partial charge < -0.3 is 9.84 Å². The lowest BCUT2D eigenvalue weighted by atomic mass is 10.3. The van der Waals surface area contributed by atoms with Gasteiger partial charge in [0.05, 0.1) is 23.8 Å². The van der Waals surface area contributed by atoms with Crippen LogP contribution in [0, 0.1) is 0 Å². The molecule has 1 aromatic heterocycles. The van der Waals surface area contributed by atoms with Gasteiger partial charge >= 0.3 is 0 Å². The van der Waals surface area contributed by atoms with Gasteiger partial charge in [0.1, 0.15) is 5.75 Å². The molecule has 0 aliphatic carbocycles. The van der Waals surface area contributed by atoms with Gasteiger partial charge in [0.25, 0.3) is 10.0 Å². The molecule has 108 valence electrons. The highest BCUT2D eigenvalue weighted by molar-refractivity contribution is 7.93. The van der Waals surface area contributed by atoms with E-state index in [0.29, 0.717) is 11.4 Å². The first-order valence-electron chi connectivity index (χ1n) is 5.73. The molecule has 6 nitrogen and oxygen atoms in total. The Morgan fingerprint density at radius 2 is 2.00 bits per heavy atom. The predicted octanol–water partition coefficient (Wildman–Crippen LogP) is 2.01. The van der Waals surface area contributed by atoms with Crippen LogP contribution in [0.1, 0.15) is 18.7 Å². The standard InChI is InChI=1S/C12H14N2O4S2/c1-8(15)11-7-19-12(13-11)14-20(16,17)10-5-3-9(18-2)4-6-10/h3-8,15H,1-2H3,(H,13,14). The average Bonchev–Trinajstić information content (AvgIpc) is 2.87. The topological polar surface area (TPSA) is 88.5 Å². The molecular weight excluding hydrogens is 300 g/mol. The number of anilines is 1. The molecule has 1 heterocycles. The molecule has 0 bridgehead atoms. The number of nitrogens with one attached hydrogen (secondary N) is 1. The molecule has 0 aliphatic rings. The zero-order valence-corrected chi connectivity index (χ0v) is 12.5. The van der Waals surface area contributed by atoms with Crippen LogP contribution >= 0.6 is 11.3 Å². The van der Waals surface area contributed by atoms with Crippen LogP contribution in [0.3, 0.4) is 0 Å². The minimum atomic E-state index is -3.69. The minimum Gasteiger partial charge on any atom is -0.497 e. The summed E-state index contributed by atoms with van der Waals surface area (Å²) in [5.41, 5.74) is 0.433. The number of aliphatic hydroxyl groups excluding tert-OH is 1. The maximum Gasteiger partial charge on any atom is 0.263 e. The number of methoxy groups -OCH3 is 1. The SMILES string of the molecule is COc1ccc(S(=O)(=O)Nc2nc(C(C)O)cs2)cc1. The molecule has 0 saturated carbocycles. The molecule has 0 fully saturated rings. The van der Waals surface area contributed by atoms with Crippen molar-refractivity contribution in [2.75, 3.05) is 11.8 Å². The van der Waals surface area contributed by atoms with E-state index >= 15 is 0 Å². The van der Waals surface area contributed by atoms with E-state index in [-0.39, 0.29) is 10.0 Å². The number of ether oxygens (including phenoxy) is 1. The van der Waals surface area contributed by atoms with E-state index in [1.54, 1.807) is 24.4 Å². The van der Waals surface area contributed by atoms with Crippen molar-refractivity contribution in [3.8, 4) is 5.75 Å². The van der Waals surface area contributed by atoms with Crippen LogP contribution in [-0.2, 0) is 10.0 Å². The summed E-state index contributed by atoms with van der Waals surface area (Å²) in [6, 6.07) is 6.03. The van der Waals surface area contributed by atoms with Crippen LogP contribution in [0.5, 0.6) is 5.75 Å². The molecule has 8 heteroatoms. The normalized spacial score (nSPS) is 12.9. The van der Waals surface area contributed by atoms with E-state index in [2.05, 4.69) is 9.71 Å². The molecule has 20 heavy (non-hydrogen) atoms. The number of aliphatic hydroxyl groups is 1. The largest absolute Gasteiger partial charge is 0.497 e. The lowest BCUT2D eigenvalue weighted by molar-refractivity contribution is 0.195. The number of nitrogens with zero attached hydrogens (tertiary/aromatic N) is 1. The molecule has 2 N–H and O–H groups in total. The fraction of sp³-hybridized carbons (Fsp3) is 0.250. The van der Waals surface area contributed by atoms with Crippen molar-refractivity contribution in [3.63, 3.8) is 0 Å². The summed E-state index contributed by atoms with van der Waals surface area (Å²) in [5.74, 6) is 0.578. The summed E-state index contributed by atoms with van der Waals surface area (Å²) in [5, 5.41) is 11.2. The van der Waals surface area contributed by atoms with Crippen molar-refractivity contribution in [1.29, 1.82) is 0 Å². The molecule has 0 radical (unpaired) electrons. The number of hydrogen-bond acceptors (Lipinski definition) is 6. The molecule has 1 unspecified atom stereocenters. The number of aromatic nitrogens is 1. The van der Waals surface area contributed by atoms with E-state index in [4.69, 9.17) is 4.74 Å². The number of thiazole rings is 1. The fourth-order valence-corrected chi connectivity index (χ4v) is 3.50. The Kier molecular flexibility index (Phi) is 4.26.